The molecule has 20 heavy (non-hydrogen) atoms. The van der Waals surface area contributed by atoms with Gasteiger partial charge in [-0.1, -0.05) is 35.9 Å². The van der Waals surface area contributed by atoms with Gasteiger partial charge in [-0.15, -0.1) is 0 Å². The molecule has 1 aliphatic rings. The van der Waals surface area contributed by atoms with E-state index in [9.17, 15) is 0 Å². The lowest BCUT2D eigenvalue weighted by Gasteiger charge is -2.28. The summed E-state index contributed by atoms with van der Waals surface area (Å²) in [5, 5.41) is 0.837. The normalized spacial score (nSPS) is 23.3. The summed E-state index contributed by atoms with van der Waals surface area (Å²) in [5.74, 6) is 1.61. The Morgan fingerprint density at radius 2 is 1.80 bits per heavy atom. The highest BCUT2D eigenvalue weighted by molar-refractivity contribution is 6.30. The number of hydrogen-bond acceptors (Lipinski definition) is 1. The van der Waals surface area contributed by atoms with Gasteiger partial charge in [-0.25, -0.2) is 0 Å². The van der Waals surface area contributed by atoms with E-state index < -0.39 is 0 Å². The molecular weight excluding hydrogens is 268 g/mol. The smallest absolute Gasteiger partial charge is 0.0496 e. The van der Waals surface area contributed by atoms with E-state index in [0.29, 0.717) is 0 Å². The number of allylic oxidation sites excluding steroid dienone is 1. The first-order valence-electron chi connectivity index (χ1n) is 7.69. The van der Waals surface area contributed by atoms with E-state index in [1.165, 1.54) is 37.7 Å². The molecule has 1 saturated carbocycles. The fraction of sp³-hybridized carbons (Fsp3) is 0.556. The Morgan fingerprint density at radius 3 is 2.45 bits per heavy atom. The Balaban J connectivity index is 1.72. The first kappa shape index (κ1) is 15.6. The second kappa shape index (κ2) is 8.49. The van der Waals surface area contributed by atoms with Crippen LogP contribution in [-0.2, 0) is 4.74 Å². The zero-order chi connectivity index (χ0) is 14.2. The van der Waals surface area contributed by atoms with Crippen molar-refractivity contribution < 1.29 is 4.74 Å². The van der Waals surface area contributed by atoms with Crippen molar-refractivity contribution in [3.63, 3.8) is 0 Å². The number of hydrogen-bond donors (Lipinski definition) is 0. The quantitative estimate of drug-likeness (QED) is 0.490. The number of methoxy groups -OCH3 is 1. The van der Waals surface area contributed by atoms with Crippen LogP contribution in [0.3, 0.4) is 0 Å². The van der Waals surface area contributed by atoms with Crippen molar-refractivity contribution in [1.29, 1.82) is 0 Å². The van der Waals surface area contributed by atoms with Gasteiger partial charge in [-0.2, -0.15) is 0 Å². The monoisotopic (exact) mass is 292 g/mol. The molecule has 0 N–H and O–H groups in total. The van der Waals surface area contributed by atoms with Crippen molar-refractivity contribution >= 4 is 11.6 Å². The van der Waals surface area contributed by atoms with Crippen molar-refractivity contribution in [3.8, 4) is 0 Å². The molecule has 0 amide bonds. The van der Waals surface area contributed by atoms with Gasteiger partial charge in [0.2, 0.25) is 0 Å². The molecule has 2 rings (SSSR count). The summed E-state index contributed by atoms with van der Waals surface area (Å²) in [7, 11) is 1.76. The van der Waals surface area contributed by atoms with Crippen molar-refractivity contribution in [2.24, 2.45) is 5.92 Å². The van der Waals surface area contributed by atoms with E-state index in [0.717, 1.165) is 29.9 Å². The minimum Gasteiger partial charge on any atom is -0.384 e. The molecule has 0 heterocycles. The minimum absolute atomic E-state index is 0.737. The molecule has 1 nitrogen and oxygen atoms in total. The van der Waals surface area contributed by atoms with Gasteiger partial charge in [0.1, 0.15) is 0 Å². The third kappa shape index (κ3) is 4.96. The second-order valence-electron chi connectivity index (χ2n) is 5.76. The second-order valence-corrected chi connectivity index (χ2v) is 6.19. The maximum atomic E-state index is 5.95. The van der Waals surface area contributed by atoms with Crippen LogP contribution in [0.2, 0.25) is 5.02 Å². The van der Waals surface area contributed by atoms with E-state index >= 15 is 0 Å². The average Bonchev–Trinajstić information content (AvgIpc) is 2.49. The maximum Gasteiger partial charge on any atom is 0.0496 e. The van der Waals surface area contributed by atoms with Crippen LogP contribution < -0.4 is 0 Å². The highest BCUT2D eigenvalue weighted by Crippen LogP contribution is 2.37. The molecule has 0 saturated heterocycles. The number of benzene rings is 1. The van der Waals surface area contributed by atoms with Gasteiger partial charge < -0.3 is 4.74 Å². The van der Waals surface area contributed by atoms with Gasteiger partial charge in [0.25, 0.3) is 0 Å². The molecule has 2 heteroatoms. The Hall–Kier alpha value is -0.790. The topological polar surface area (TPSA) is 9.23 Å². The minimum atomic E-state index is 0.737. The summed E-state index contributed by atoms with van der Waals surface area (Å²) < 4.78 is 5.04. The summed E-state index contributed by atoms with van der Waals surface area (Å²) in [6.45, 7) is 0.833. The van der Waals surface area contributed by atoms with Gasteiger partial charge in [0.15, 0.2) is 0 Å². The van der Waals surface area contributed by atoms with Crippen molar-refractivity contribution in [2.75, 3.05) is 13.7 Å². The first-order chi connectivity index (χ1) is 9.79. The molecular formula is C18H25ClO. The van der Waals surface area contributed by atoms with Crippen molar-refractivity contribution in [1.82, 2.24) is 0 Å². The van der Waals surface area contributed by atoms with Crippen molar-refractivity contribution in [2.45, 2.75) is 44.4 Å². The summed E-state index contributed by atoms with van der Waals surface area (Å²) in [6.07, 6.45) is 12.2. The fourth-order valence-electron chi connectivity index (χ4n) is 3.06. The fourth-order valence-corrected chi connectivity index (χ4v) is 3.18. The van der Waals surface area contributed by atoms with Gasteiger partial charge >= 0.3 is 0 Å². The van der Waals surface area contributed by atoms with Crippen LogP contribution in [0.15, 0.2) is 36.4 Å². The Morgan fingerprint density at radius 1 is 1.10 bits per heavy atom. The van der Waals surface area contributed by atoms with Gasteiger partial charge in [-0.05, 0) is 68.1 Å². The van der Waals surface area contributed by atoms with Crippen LogP contribution in [0.1, 0.15) is 50.0 Å². The molecule has 0 spiro atoms. The molecule has 1 aromatic carbocycles. The molecule has 1 aromatic rings. The van der Waals surface area contributed by atoms with E-state index in [4.69, 9.17) is 16.3 Å². The van der Waals surface area contributed by atoms with Crippen molar-refractivity contribution in [3.05, 3.63) is 47.0 Å². The summed E-state index contributed by atoms with van der Waals surface area (Å²) in [4.78, 5) is 0. The van der Waals surface area contributed by atoms with E-state index in [-0.39, 0.29) is 0 Å². The lowest BCUT2D eigenvalue weighted by Crippen LogP contribution is -2.12. The van der Waals surface area contributed by atoms with Gasteiger partial charge in [0.05, 0.1) is 0 Å². The maximum absolute atomic E-state index is 5.95. The molecule has 0 radical (unpaired) electrons. The van der Waals surface area contributed by atoms with E-state index in [1.807, 2.05) is 12.1 Å². The van der Waals surface area contributed by atoms with Gasteiger partial charge in [0, 0.05) is 18.7 Å². The largest absolute Gasteiger partial charge is 0.384 e. The zero-order valence-corrected chi connectivity index (χ0v) is 13.1. The van der Waals surface area contributed by atoms with Gasteiger partial charge in [-0.3, -0.25) is 0 Å². The van der Waals surface area contributed by atoms with Crippen LogP contribution in [0, 0.1) is 5.92 Å². The van der Waals surface area contributed by atoms with Crippen LogP contribution in [0.4, 0.5) is 0 Å². The third-order valence-electron chi connectivity index (χ3n) is 4.31. The molecule has 0 atom stereocenters. The number of ether oxygens (including phenoxy) is 1. The summed E-state index contributed by atoms with van der Waals surface area (Å²) >= 11 is 5.95. The average molecular weight is 293 g/mol. The van der Waals surface area contributed by atoms with Crippen LogP contribution >= 0.6 is 11.6 Å². The molecule has 1 fully saturated rings. The Labute approximate surface area is 128 Å². The summed E-state index contributed by atoms with van der Waals surface area (Å²) in [6, 6.07) is 8.42. The standard InChI is InChI=1S/C18H25ClO/c1-20-14-4-2-3-5-15-6-8-16(9-7-15)17-10-12-18(19)13-11-17/h2-3,10-13,15-16H,4-9,14H2,1H3/t15-,16-. The van der Waals surface area contributed by atoms with Crippen LogP contribution in [0.25, 0.3) is 0 Å². The molecule has 0 aromatic heterocycles. The van der Waals surface area contributed by atoms with Crippen LogP contribution in [-0.4, -0.2) is 13.7 Å². The Kier molecular flexibility index (Phi) is 6.62. The highest BCUT2D eigenvalue weighted by Gasteiger charge is 2.21. The first-order valence-corrected chi connectivity index (χ1v) is 8.06. The highest BCUT2D eigenvalue weighted by atomic mass is 35.5. The zero-order valence-electron chi connectivity index (χ0n) is 12.4. The molecule has 0 bridgehead atoms. The predicted octanol–water partition coefficient (Wildman–Crippen LogP) is 5.60. The third-order valence-corrected chi connectivity index (χ3v) is 4.56. The molecule has 110 valence electrons. The van der Waals surface area contributed by atoms with E-state index in [1.54, 1.807) is 7.11 Å². The van der Waals surface area contributed by atoms with Crippen LogP contribution in [0.5, 0.6) is 0 Å². The lowest BCUT2D eigenvalue weighted by atomic mass is 9.77. The lowest BCUT2D eigenvalue weighted by molar-refractivity contribution is 0.204. The number of halogens is 1. The molecule has 1 aliphatic carbocycles. The molecule has 0 aliphatic heterocycles. The summed E-state index contributed by atoms with van der Waals surface area (Å²) in [5.41, 5.74) is 1.46. The molecule has 0 unspecified atom stereocenters. The SMILES string of the molecule is COCCC=CC[C@H]1CC[C@H](c2ccc(Cl)cc2)CC1. The van der Waals surface area contributed by atoms with E-state index in [2.05, 4.69) is 24.3 Å². The Bertz CT molecular complexity index is 402. The predicted molar refractivity (Wildman–Crippen MR) is 86.4 cm³/mol. The number of rotatable bonds is 6.